The van der Waals surface area contributed by atoms with Crippen LogP contribution in [0.3, 0.4) is 0 Å². The highest BCUT2D eigenvalue weighted by Crippen LogP contribution is 2.28. The first kappa shape index (κ1) is 27.0. The zero-order valence-electron chi connectivity index (χ0n) is 21.0. The molecule has 4 rings (SSSR count). The van der Waals surface area contributed by atoms with Crippen molar-refractivity contribution in [3.63, 3.8) is 0 Å². The van der Waals surface area contributed by atoms with Gasteiger partial charge in [-0.3, -0.25) is 9.59 Å². The van der Waals surface area contributed by atoms with Crippen molar-refractivity contribution in [1.29, 1.82) is 0 Å². The maximum atomic E-state index is 13.2. The van der Waals surface area contributed by atoms with Gasteiger partial charge < -0.3 is 20.5 Å². The molecule has 1 saturated heterocycles. The van der Waals surface area contributed by atoms with Crippen molar-refractivity contribution < 1.29 is 27.9 Å². The standard InChI is InChI=1S/C26H34N4O6S/c1-17(2)14-20(29-26(33)23-15-18-8-3-4-10-22(18)36-23)25(32)28-19-9-7-13-30(16-21(19)31)37(34,35)24-11-5-6-12-27-24/h3-6,8,10-12,15,17-22,31H,7,9,13-14,16H2,1-2H3,(H,28,32)(H,29,33)/t18?,19?,20-,21?,22?/m0/s1. The van der Waals surface area contributed by atoms with Gasteiger partial charge in [0.1, 0.15) is 12.1 Å². The molecule has 2 amide bonds. The summed E-state index contributed by atoms with van der Waals surface area (Å²) in [5.74, 6) is -0.623. The van der Waals surface area contributed by atoms with Crippen LogP contribution >= 0.6 is 0 Å². The number of hydrogen-bond donors (Lipinski definition) is 3. The van der Waals surface area contributed by atoms with Gasteiger partial charge >= 0.3 is 0 Å². The predicted octanol–water partition coefficient (Wildman–Crippen LogP) is 1.27. The van der Waals surface area contributed by atoms with Crippen molar-refractivity contribution in [2.24, 2.45) is 11.8 Å². The molecule has 0 radical (unpaired) electrons. The van der Waals surface area contributed by atoms with Crippen LogP contribution in [0.2, 0.25) is 0 Å². The number of carbonyl (C=O) groups excluding carboxylic acids is 2. The number of fused-ring (bicyclic) bond motifs is 1. The van der Waals surface area contributed by atoms with Crippen molar-refractivity contribution in [1.82, 2.24) is 19.9 Å². The number of aliphatic hydroxyl groups is 1. The van der Waals surface area contributed by atoms with Crippen LogP contribution in [0.1, 0.15) is 33.1 Å². The predicted molar refractivity (Wildman–Crippen MR) is 136 cm³/mol. The van der Waals surface area contributed by atoms with E-state index in [1.54, 1.807) is 18.2 Å². The smallest absolute Gasteiger partial charge is 0.286 e. The van der Waals surface area contributed by atoms with Crippen LogP contribution in [0.25, 0.3) is 0 Å². The van der Waals surface area contributed by atoms with Crippen LogP contribution in [0.5, 0.6) is 0 Å². The number of amides is 2. The Morgan fingerprint density at radius 2 is 2.03 bits per heavy atom. The Morgan fingerprint density at radius 1 is 1.24 bits per heavy atom. The number of ether oxygens (including phenoxy) is 1. The van der Waals surface area contributed by atoms with Gasteiger partial charge in [0.25, 0.3) is 15.9 Å². The summed E-state index contributed by atoms with van der Waals surface area (Å²) >= 11 is 0. The molecule has 0 bridgehead atoms. The maximum Gasteiger partial charge on any atom is 0.286 e. The van der Waals surface area contributed by atoms with Gasteiger partial charge in [0, 0.05) is 25.2 Å². The molecule has 0 spiro atoms. The lowest BCUT2D eigenvalue weighted by Crippen LogP contribution is -2.54. The number of rotatable bonds is 8. The van der Waals surface area contributed by atoms with Crippen LogP contribution in [-0.2, 0) is 24.3 Å². The first-order valence-corrected chi connectivity index (χ1v) is 14.0. The fourth-order valence-corrected chi connectivity index (χ4v) is 6.13. The lowest BCUT2D eigenvalue weighted by molar-refractivity contribution is -0.130. The summed E-state index contributed by atoms with van der Waals surface area (Å²) in [7, 11) is -3.87. The number of aliphatic hydroxyl groups excluding tert-OH is 1. The first-order chi connectivity index (χ1) is 17.6. The number of aromatic nitrogens is 1. The van der Waals surface area contributed by atoms with Crippen molar-refractivity contribution in [3.05, 3.63) is 60.5 Å². The number of sulfonamides is 1. The van der Waals surface area contributed by atoms with E-state index < -0.39 is 40.0 Å². The fourth-order valence-electron chi connectivity index (χ4n) is 4.70. The fraction of sp³-hybridized carbons (Fsp3) is 0.500. The van der Waals surface area contributed by atoms with E-state index in [2.05, 4.69) is 15.6 Å². The Morgan fingerprint density at radius 3 is 2.73 bits per heavy atom. The van der Waals surface area contributed by atoms with Gasteiger partial charge in [-0.05, 0) is 49.5 Å². The number of allylic oxidation sites excluding steroid dienone is 2. The van der Waals surface area contributed by atoms with Gasteiger partial charge in [-0.25, -0.2) is 13.4 Å². The second kappa shape index (κ2) is 11.6. The average molecular weight is 531 g/mol. The van der Waals surface area contributed by atoms with Crippen molar-refractivity contribution >= 4 is 21.8 Å². The van der Waals surface area contributed by atoms with Crippen LogP contribution < -0.4 is 10.6 Å². The van der Waals surface area contributed by atoms with Gasteiger partial charge in [-0.1, -0.05) is 38.1 Å². The monoisotopic (exact) mass is 530 g/mol. The van der Waals surface area contributed by atoms with E-state index in [0.717, 1.165) is 0 Å². The van der Waals surface area contributed by atoms with E-state index >= 15 is 0 Å². The molecule has 3 aliphatic rings. The molecule has 5 atom stereocenters. The van der Waals surface area contributed by atoms with Gasteiger partial charge in [-0.2, -0.15) is 4.31 Å². The van der Waals surface area contributed by atoms with E-state index in [1.807, 2.05) is 38.2 Å². The Labute approximate surface area is 217 Å². The maximum absolute atomic E-state index is 13.2. The molecule has 1 fully saturated rings. The zero-order valence-corrected chi connectivity index (χ0v) is 21.8. The Balaban J connectivity index is 1.40. The average Bonchev–Trinajstić information content (AvgIpc) is 3.23. The lowest BCUT2D eigenvalue weighted by atomic mass is 9.99. The van der Waals surface area contributed by atoms with Crippen LogP contribution in [-0.4, -0.2) is 72.0 Å². The van der Waals surface area contributed by atoms with Crippen LogP contribution in [0.4, 0.5) is 0 Å². The Hall–Kier alpha value is -3.02. The molecule has 0 aromatic carbocycles. The summed E-state index contributed by atoms with van der Waals surface area (Å²) in [5, 5.41) is 16.4. The third kappa shape index (κ3) is 6.46. The molecule has 4 unspecified atom stereocenters. The molecule has 11 heteroatoms. The minimum Gasteiger partial charge on any atom is -0.480 e. The molecule has 200 valence electrons. The topological polar surface area (TPSA) is 138 Å². The van der Waals surface area contributed by atoms with Crippen molar-refractivity contribution in [3.8, 4) is 0 Å². The third-order valence-corrected chi connectivity index (χ3v) is 8.41. The van der Waals surface area contributed by atoms with Crippen molar-refractivity contribution in [2.75, 3.05) is 13.1 Å². The third-order valence-electron chi connectivity index (χ3n) is 6.63. The summed E-state index contributed by atoms with van der Waals surface area (Å²) in [6, 6.07) is 3.13. The number of nitrogens with zero attached hydrogens (tertiary/aromatic N) is 2. The van der Waals surface area contributed by atoms with Gasteiger partial charge in [-0.15, -0.1) is 0 Å². The second-order valence-corrected chi connectivity index (χ2v) is 11.9. The molecule has 3 N–H and O–H groups in total. The van der Waals surface area contributed by atoms with E-state index in [1.165, 1.54) is 16.6 Å². The Kier molecular flexibility index (Phi) is 8.46. The van der Waals surface area contributed by atoms with Crippen LogP contribution in [0.15, 0.2) is 65.6 Å². The number of nitrogens with one attached hydrogen (secondary N) is 2. The SMILES string of the molecule is CC(C)C[C@H](NC(=O)C1=CC2C=CC=CC2O1)C(=O)NC1CCCN(S(=O)(=O)c2ccccn2)CC1O. The summed E-state index contributed by atoms with van der Waals surface area (Å²) in [5.41, 5.74) is 0. The zero-order chi connectivity index (χ0) is 26.6. The van der Waals surface area contributed by atoms with E-state index in [-0.39, 0.29) is 41.8 Å². The van der Waals surface area contributed by atoms with Gasteiger partial charge in [0.2, 0.25) is 5.91 Å². The molecule has 2 aliphatic heterocycles. The highest BCUT2D eigenvalue weighted by atomic mass is 32.2. The van der Waals surface area contributed by atoms with E-state index in [4.69, 9.17) is 4.74 Å². The normalized spacial score (nSPS) is 26.5. The highest BCUT2D eigenvalue weighted by Gasteiger charge is 2.36. The quantitative estimate of drug-likeness (QED) is 0.460. The number of carbonyl (C=O) groups is 2. The van der Waals surface area contributed by atoms with E-state index in [0.29, 0.717) is 19.3 Å². The minimum absolute atomic E-state index is 0.0189. The molecule has 3 heterocycles. The molecule has 10 nitrogen and oxygen atoms in total. The highest BCUT2D eigenvalue weighted by molar-refractivity contribution is 7.89. The summed E-state index contributed by atoms with van der Waals surface area (Å²) in [6.07, 6.45) is 10.6. The summed E-state index contributed by atoms with van der Waals surface area (Å²) < 4.78 is 32.9. The second-order valence-electron chi connectivity index (χ2n) is 9.97. The van der Waals surface area contributed by atoms with Gasteiger partial charge in [0.15, 0.2) is 10.8 Å². The minimum atomic E-state index is -3.87. The first-order valence-electron chi connectivity index (χ1n) is 12.6. The molecule has 1 aromatic heterocycles. The van der Waals surface area contributed by atoms with E-state index in [9.17, 15) is 23.1 Å². The number of hydrogen-bond acceptors (Lipinski definition) is 7. The molecule has 0 saturated carbocycles. The van der Waals surface area contributed by atoms with Gasteiger partial charge in [0.05, 0.1) is 12.1 Å². The summed E-state index contributed by atoms with van der Waals surface area (Å²) in [4.78, 5) is 30.1. The largest absolute Gasteiger partial charge is 0.480 e. The molecular weight excluding hydrogens is 496 g/mol. The van der Waals surface area contributed by atoms with Crippen LogP contribution in [0, 0.1) is 11.8 Å². The van der Waals surface area contributed by atoms with Crippen molar-refractivity contribution in [2.45, 2.75) is 62.4 Å². The number of pyridine rings is 1. The summed E-state index contributed by atoms with van der Waals surface area (Å²) in [6.45, 7) is 3.92. The molecule has 37 heavy (non-hydrogen) atoms. The molecular formula is C26H34N4O6S. The number of β-amino-alcohol motifs (C(OH)–C–C–N with tert-alkyl or cyclic N) is 1. The molecule has 1 aliphatic carbocycles. The molecule has 1 aromatic rings. The Bertz CT molecular complexity index is 1180. The lowest BCUT2D eigenvalue weighted by Gasteiger charge is -2.27.